The Bertz CT molecular complexity index is 449. The molecule has 0 aromatic heterocycles. The first kappa shape index (κ1) is 14.5. The fraction of sp³-hybridized carbons (Fsp3) is 0.417. The fourth-order valence-electron chi connectivity index (χ4n) is 1.46. The molecule has 3 N–H and O–H groups in total. The maximum Gasteiger partial charge on any atom is 0.237 e. The van der Waals surface area contributed by atoms with Gasteiger partial charge in [-0.2, -0.15) is 0 Å². The number of carbonyl (C=O) groups excluding carboxylic acids is 1. The van der Waals surface area contributed by atoms with Gasteiger partial charge in [-0.25, -0.2) is 0 Å². The second-order valence-electron chi connectivity index (χ2n) is 3.80. The molecule has 18 heavy (non-hydrogen) atoms. The molecule has 6 heteroatoms. The Morgan fingerprint density at radius 2 is 2.22 bits per heavy atom. The van der Waals surface area contributed by atoms with Crippen LogP contribution in [0, 0.1) is 0 Å². The zero-order chi connectivity index (χ0) is 13.5. The molecular weight excluding hydrogens is 252 g/mol. The number of nitrogens with one attached hydrogen (secondary N) is 1. The first-order chi connectivity index (χ1) is 8.56. The van der Waals surface area contributed by atoms with Gasteiger partial charge in [0.25, 0.3) is 0 Å². The number of nitrogens with two attached hydrogens (primary N) is 1. The van der Waals surface area contributed by atoms with Crippen molar-refractivity contribution >= 4 is 28.1 Å². The third-order valence-corrected chi connectivity index (χ3v) is 3.67. The van der Waals surface area contributed by atoms with Gasteiger partial charge in [0, 0.05) is 22.2 Å². The molecule has 100 valence electrons. The van der Waals surface area contributed by atoms with Crippen LogP contribution in [0.3, 0.4) is 0 Å². The molecular formula is C12H18N2O3S. The molecule has 0 bridgehead atoms. The van der Waals surface area contributed by atoms with E-state index in [4.69, 9.17) is 10.5 Å². The monoisotopic (exact) mass is 270 g/mol. The number of ether oxygens (including phenoxy) is 1. The van der Waals surface area contributed by atoms with Crippen LogP contribution in [-0.4, -0.2) is 28.7 Å². The highest BCUT2D eigenvalue weighted by Gasteiger charge is 2.10. The van der Waals surface area contributed by atoms with E-state index in [0.29, 0.717) is 22.9 Å². The van der Waals surface area contributed by atoms with Gasteiger partial charge in [-0.1, -0.05) is 6.92 Å². The van der Waals surface area contributed by atoms with Crippen molar-refractivity contribution in [1.29, 1.82) is 0 Å². The van der Waals surface area contributed by atoms with Crippen LogP contribution in [0.4, 0.5) is 11.4 Å². The van der Waals surface area contributed by atoms with E-state index in [9.17, 15) is 9.00 Å². The second-order valence-corrected chi connectivity index (χ2v) is 5.37. The largest absolute Gasteiger partial charge is 0.495 e. The van der Waals surface area contributed by atoms with Gasteiger partial charge in [0.2, 0.25) is 5.91 Å². The van der Waals surface area contributed by atoms with Crippen molar-refractivity contribution in [3.05, 3.63) is 18.2 Å². The third-order valence-electron chi connectivity index (χ3n) is 2.22. The summed E-state index contributed by atoms with van der Waals surface area (Å²) in [5, 5.41) is 2.65. The number of carbonyl (C=O) groups is 1. The SMILES string of the molecule is CCCS(=O)CC(=O)Nc1cc(N)ccc1OC. The van der Waals surface area contributed by atoms with Crippen molar-refractivity contribution in [2.45, 2.75) is 13.3 Å². The van der Waals surface area contributed by atoms with Crippen LogP contribution >= 0.6 is 0 Å². The van der Waals surface area contributed by atoms with Gasteiger partial charge in [0.05, 0.1) is 12.8 Å². The van der Waals surface area contributed by atoms with Gasteiger partial charge in [-0.3, -0.25) is 9.00 Å². The number of hydrogen-bond donors (Lipinski definition) is 2. The highest BCUT2D eigenvalue weighted by molar-refractivity contribution is 7.85. The molecule has 0 aliphatic heterocycles. The summed E-state index contributed by atoms with van der Waals surface area (Å²) in [6.07, 6.45) is 0.793. The molecule has 0 spiro atoms. The van der Waals surface area contributed by atoms with Gasteiger partial charge in [0.1, 0.15) is 11.5 Å². The predicted octanol–water partition coefficient (Wildman–Crippen LogP) is 1.37. The molecule has 1 aromatic carbocycles. The van der Waals surface area contributed by atoms with E-state index in [-0.39, 0.29) is 11.7 Å². The van der Waals surface area contributed by atoms with E-state index in [1.54, 1.807) is 18.2 Å². The highest BCUT2D eigenvalue weighted by Crippen LogP contribution is 2.26. The van der Waals surface area contributed by atoms with Crippen LogP contribution in [0.2, 0.25) is 0 Å². The number of nitrogen functional groups attached to an aromatic ring is 1. The van der Waals surface area contributed by atoms with Gasteiger partial charge < -0.3 is 15.8 Å². The van der Waals surface area contributed by atoms with Crippen LogP contribution in [0.5, 0.6) is 5.75 Å². The summed E-state index contributed by atoms with van der Waals surface area (Å²) < 4.78 is 16.6. The minimum Gasteiger partial charge on any atom is -0.495 e. The van der Waals surface area contributed by atoms with Crippen LogP contribution in [0.15, 0.2) is 18.2 Å². The van der Waals surface area contributed by atoms with E-state index < -0.39 is 10.8 Å². The van der Waals surface area contributed by atoms with Crippen molar-refractivity contribution in [3.63, 3.8) is 0 Å². The smallest absolute Gasteiger partial charge is 0.237 e. The first-order valence-electron chi connectivity index (χ1n) is 5.65. The van der Waals surface area contributed by atoms with Gasteiger partial charge >= 0.3 is 0 Å². The van der Waals surface area contributed by atoms with Crippen LogP contribution in [0.25, 0.3) is 0 Å². The standard InChI is InChI=1S/C12H18N2O3S/c1-3-6-18(16)8-12(15)14-10-7-9(13)4-5-11(10)17-2/h4-5,7H,3,6,8,13H2,1-2H3,(H,14,15). The Kier molecular flexibility index (Phi) is 5.64. The summed E-state index contributed by atoms with van der Waals surface area (Å²) >= 11 is 0. The Labute approximate surface area is 109 Å². The topological polar surface area (TPSA) is 81.4 Å². The van der Waals surface area contributed by atoms with Crippen LogP contribution in [0.1, 0.15) is 13.3 Å². The Hall–Kier alpha value is -1.56. The zero-order valence-corrected chi connectivity index (χ0v) is 11.4. The first-order valence-corrected chi connectivity index (χ1v) is 7.14. The fourth-order valence-corrected chi connectivity index (χ4v) is 2.42. The normalized spacial score (nSPS) is 11.9. The average Bonchev–Trinajstić information content (AvgIpc) is 2.29. The molecule has 0 aliphatic rings. The maximum atomic E-state index is 11.7. The molecule has 0 saturated heterocycles. The van der Waals surface area contributed by atoms with Gasteiger partial charge in [0.15, 0.2) is 0 Å². The second kappa shape index (κ2) is 7.00. The van der Waals surface area contributed by atoms with Crippen molar-refractivity contribution in [1.82, 2.24) is 0 Å². The number of hydrogen-bond acceptors (Lipinski definition) is 4. The molecule has 0 heterocycles. The molecule has 0 saturated carbocycles. The number of amides is 1. The molecule has 5 nitrogen and oxygen atoms in total. The summed E-state index contributed by atoms with van der Waals surface area (Å²) in [5.74, 6) is 0.748. The van der Waals surface area contributed by atoms with E-state index in [1.807, 2.05) is 6.92 Å². The number of rotatable bonds is 6. The summed E-state index contributed by atoms with van der Waals surface area (Å²) in [5.41, 5.74) is 6.66. The molecule has 1 rings (SSSR count). The Morgan fingerprint density at radius 1 is 1.50 bits per heavy atom. The lowest BCUT2D eigenvalue weighted by molar-refractivity contribution is -0.113. The molecule has 1 atom stereocenters. The van der Waals surface area contributed by atoms with E-state index in [1.165, 1.54) is 7.11 Å². The van der Waals surface area contributed by atoms with Crippen molar-refractivity contribution in [2.75, 3.05) is 29.7 Å². The van der Waals surface area contributed by atoms with Crippen LogP contribution in [-0.2, 0) is 15.6 Å². The summed E-state index contributed by atoms with van der Waals surface area (Å²) in [4.78, 5) is 11.7. The summed E-state index contributed by atoms with van der Waals surface area (Å²) in [6.45, 7) is 1.93. The maximum absolute atomic E-state index is 11.7. The number of anilines is 2. The van der Waals surface area contributed by atoms with E-state index in [2.05, 4.69) is 5.32 Å². The lowest BCUT2D eigenvalue weighted by Crippen LogP contribution is -2.21. The minimum absolute atomic E-state index is 0.00814. The van der Waals surface area contributed by atoms with Crippen molar-refractivity contribution in [3.8, 4) is 5.75 Å². The molecule has 0 aliphatic carbocycles. The van der Waals surface area contributed by atoms with E-state index in [0.717, 1.165) is 6.42 Å². The Balaban J connectivity index is 2.69. The summed E-state index contributed by atoms with van der Waals surface area (Å²) in [6, 6.07) is 4.97. The van der Waals surface area contributed by atoms with Gasteiger partial charge in [-0.15, -0.1) is 0 Å². The lowest BCUT2D eigenvalue weighted by Gasteiger charge is -2.10. The van der Waals surface area contributed by atoms with Gasteiger partial charge in [-0.05, 0) is 24.6 Å². The van der Waals surface area contributed by atoms with Crippen molar-refractivity contribution < 1.29 is 13.7 Å². The molecule has 1 unspecified atom stereocenters. The zero-order valence-electron chi connectivity index (χ0n) is 10.6. The molecule has 0 fully saturated rings. The Morgan fingerprint density at radius 3 is 2.83 bits per heavy atom. The molecule has 1 aromatic rings. The quantitative estimate of drug-likeness (QED) is 0.765. The van der Waals surface area contributed by atoms with Crippen LogP contribution < -0.4 is 15.8 Å². The molecule has 1 amide bonds. The number of benzene rings is 1. The highest BCUT2D eigenvalue weighted by atomic mass is 32.2. The van der Waals surface area contributed by atoms with E-state index >= 15 is 0 Å². The lowest BCUT2D eigenvalue weighted by atomic mass is 10.2. The average molecular weight is 270 g/mol. The predicted molar refractivity (Wildman–Crippen MR) is 74.2 cm³/mol. The minimum atomic E-state index is -1.12. The summed E-state index contributed by atoms with van der Waals surface area (Å²) in [7, 11) is 0.389. The number of methoxy groups -OCH3 is 1. The molecule has 0 radical (unpaired) electrons. The third kappa shape index (κ3) is 4.37. The van der Waals surface area contributed by atoms with Crippen molar-refractivity contribution in [2.24, 2.45) is 0 Å².